The summed E-state index contributed by atoms with van der Waals surface area (Å²) < 4.78 is 27.6. The molecule has 1 heterocycles. The van der Waals surface area contributed by atoms with Crippen molar-refractivity contribution in [1.82, 2.24) is 10.0 Å². The molecule has 0 amide bonds. The first-order valence-electron chi connectivity index (χ1n) is 8.27. The third-order valence-electron chi connectivity index (χ3n) is 5.63. The quantitative estimate of drug-likeness (QED) is 0.815. The summed E-state index contributed by atoms with van der Waals surface area (Å²) in [6.07, 6.45) is 8.55. The standard InChI is InChI=1S/C15H28N2O2S/c1-11(15-9-12-5-6-13(15)8-12)17-20(18,19)10-14-4-2-3-7-16-14/h11-17H,2-10H2,1H3. The molecule has 2 aliphatic carbocycles. The fourth-order valence-corrected chi connectivity index (χ4v) is 6.31. The highest BCUT2D eigenvalue weighted by molar-refractivity contribution is 7.89. The third-order valence-corrected chi connectivity index (χ3v) is 7.21. The van der Waals surface area contributed by atoms with E-state index in [1.54, 1.807) is 0 Å². The molecule has 116 valence electrons. The van der Waals surface area contributed by atoms with Gasteiger partial charge in [-0.1, -0.05) is 12.8 Å². The van der Waals surface area contributed by atoms with Gasteiger partial charge in [-0.15, -0.1) is 0 Å². The monoisotopic (exact) mass is 300 g/mol. The number of nitrogens with one attached hydrogen (secondary N) is 2. The Balaban J connectivity index is 1.53. The van der Waals surface area contributed by atoms with Gasteiger partial charge in [0.25, 0.3) is 0 Å². The summed E-state index contributed by atoms with van der Waals surface area (Å²) in [6, 6.07) is 0.257. The summed E-state index contributed by atoms with van der Waals surface area (Å²) in [5.41, 5.74) is 0. The molecule has 1 aliphatic heterocycles. The van der Waals surface area contributed by atoms with Crippen molar-refractivity contribution in [3.05, 3.63) is 0 Å². The normalized spacial score (nSPS) is 39.0. The van der Waals surface area contributed by atoms with Crippen LogP contribution < -0.4 is 10.0 Å². The molecular formula is C15H28N2O2S. The highest BCUT2D eigenvalue weighted by Crippen LogP contribution is 2.49. The summed E-state index contributed by atoms with van der Waals surface area (Å²) in [5.74, 6) is 2.46. The lowest BCUT2D eigenvalue weighted by Gasteiger charge is -2.29. The number of rotatable bonds is 5. The van der Waals surface area contributed by atoms with Crippen LogP contribution in [0.2, 0.25) is 0 Å². The molecule has 20 heavy (non-hydrogen) atoms. The van der Waals surface area contributed by atoms with Gasteiger partial charge in [0.05, 0.1) is 5.75 Å². The van der Waals surface area contributed by atoms with Gasteiger partial charge in [0, 0.05) is 12.1 Å². The number of hydrogen-bond acceptors (Lipinski definition) is 3. The Morgan fingerprint density at radius 1 is 1.20 bits per heavy atom. The predicted octanol–water partition coefficient (Wildman–Crippen LogP) is 1.87. The molecule has 5 atom stereocenters. The molecule has 3 fully saturated rings. The van der Waals surface area contributed by atoms with Crippen LogP contribution in [-0.2, 0) is 10.0 Å². The van der Waals surface area contributed by atoms with Crippen LogP contribution in [0, 0.1) is 17.8 Å². The molecule has 5 unspecified atom stereocenters. The molecule has 1 saturated heterocycles. The molecule has 0 spiro atoms. The zero-order valence-corrected chi connectivity index (χ0v) is 13.3. The van der Waals surface area contributed by atoms with Crippen molar-refractivity contribution in [2.45, 2.75) is 64.0 Å². The summed E-state index contributed by atoms with van der Waals surface area (Å²) in [5, 5.41) is 3.33. The molecule has 5 heteroatoms. The minimum absolute atomic E-state index is 0.110. The van der Waals surface area contributed by atoms with Gasteiger partial charge in [-0.05, 0) is 63.3 Å². The summed E-state index contributed by atoms with van der Waals surface area (Å²) >= 11 is 0. The van der Waals surface area contributed by atoms with Crippen LogP contribution in [0.15, 0.2) is 0 Å². The van der Waals surface area contributed by atoms with Gasteiger partial charge in [0.2, 0.25) is 10.0 Å². The van der Waals surface area contributed by atoms with E-state index in [9.17, 15) is 8.42 Å². The van der Waals surface area contributed by atoms with E-state index in [0.29, 0.717) is 5.92 Å². The lowest BCUT2D eigenvalue weighted by molar-refractivity contribution is 0.280. The first-order valence-corrected chi connectivity index (χ1v) is 9.92. The second-order valence-corrected chi connectivity index (χ2v) is 8.97. The van der Waals surface area contributed by atoms with Gasteiger partial charge in [-0.25, -0.2) is 13.1 Å². The SMILES string of the molecule is CC(NS(=O)(=O)CC1CCCCN1)C1CC2CCC1C2. The second-order valence-electron chi connectivity index (χ2n) is 7.17. The number of fused-ring (bicyclic) bond motifs is 2. The molecule has 0 aromatic carbocycles. The van der Waals surface area contributed by atoms with Crippen LogP contribution in [0.5, 0.6) is 0 Å². The Bertz CT molecular complexity index is 431. The van der Waals surface area contributed by atoms with Gasteiger partial charge in [0.15, 0.2) is 0 Å². The largest absolute Gasteiger partial charge is 0.313 e. The minimum Gasteiger partial charge on any atom is -0.313 e. The summed E-state index contributed by atoms with van der Waals surface area (Å²) in [7, 11) is -3.15. The van der Waals surface area contributed by atoms with Crippen molar-refractivity contribution in [2.75, 3.05) is 12.3 Å². The van der Waals surface area contributed by atoms with Crippen LogP contribution in [-0.4, -0.2) is 32.8 Å². The molecule has 3 rings (SSSR count). The summed E-state index contributed by atoms with van der Waals surface area (Å²) in [6.45, 7) is 3.03. The van der Waals surface area contributed by atoms with E-state index >= 15 is 0 Å². The maximum atomic E-state index is 12.3. The van der Waals surface area contributed by atoms with E-state index in [2.05, 4.69) is 17.0 Å². The maximum absolute atomic E-state index is 12.3. The number of sulfonamides is 1. The minimum atomic E-state index is -3.15. The lowest BCUT2D eigenvalue weighted by Crippen LogP contribution is -2.46. The van der Waals surface area contributed by atoms with Gasteiger partial charge in [0.1, 0.15) is 0 Å². The molecule has 0 aromatic heterocycles. The maximum Gasteiger partial charge on any atom is 0.213 e. The van der Waals surface area contributed by atoms with Crippen LogP contribution in [0.3, 0.4) is 0 Å². The Morgan fingerprint density at radius 3 is 2.65 bits per heavy atom. The van der Waals surface area contributed by atoms with Crippen molar-refractivity contribution < 1.29 is 8.42 Å². The number of piperidine rings is 1. The molecule has 2 bridgehead atoms. The van der Waals surface area contributed by atoms with Crippen LogP contribution in [0.25, 0.3) is 0 Å². The van der Waals surface area contributed by atoms with Gasteiger partial charge >= 0.3 is 0 Å². The van der Waals surface area contributed by atoms with Crippen molar-refractivity contribution >= 4 is 10.0 Å². The second kappa shape index (κ2) is 5.93. The Morgan fingerprint density at radius 2 is 2.05 bits per heavy atom. The van der Waals surface area contributed by atoms with Crippen molar-refractivity contribution in [3.8, 4) is 0 Å². The Kier molecular flexibility index (Phi) is 4.39. The first kappa shape index (κ1) is 14.8. The first-order chi connectivity index (χ1) is 9.53. The van der Waals surface area contributed by atoms with E-state index in [1.807, 2.05) is 0 Å². The molecular weight excluding hydrogens is 272 g/mol. The van der Waals surface area contributed by atoms with E-state index in [-0.39, 0.29) is 17.8 Å². The third kappa shape index (κ3) is 3.37. The highest BCUT2D eigenvalue weighted by Gasteiger charge is 2.42. The molecule has 2 saturated carbocycles. The fourth-order valence-electron chi connectivity index (χ4n) is 4.66. The van der Waals surface area contributed by atoms with Crippen molar-refractivity contribution in [3.63, 3.8) is 0 Å². The zero-order chi connectivity index (χ0) is 14.2. The fraction of sp³-hybridized carbons (Fsp3) is 1.00. The average Bonchev–Trinajstić information content (AvgIpc) is 3.01. The Hall–Kier alpha value is -0.130. The molecule has 2 N–H and O–H groups in total. The Labute approximate surface area is 123 Å². The van der Waals surface area contributed by atoms with Crippen LogP contribution in [0.4, 0.5) is 0 Å². The summed E-state index contributed by atoms with van der Waals surface area (Å²) in [4.78, 5) is 0. The molecule has 3 aliphatic rings. The van der Waals surface area contributed by atoms with Gasteiger partial charge in [-0.2, -0.15) is 0 Å². The van der Waals surface area contributed by atoms with Crippen molar-refractivity contribution in [1.29, 1.82) is 0 Å². The predicted molar refractivity (Wildman–Crippen MR) is 81.0 cm³/mol. The molecule has 0 radical (unpaired) electrons. The van der Waals surface area contributed by atoms with E-state index in [4.69, 9.17) is 0 Å². The van der Waals surface area contributed by atoms with Gasteiger partial charge in [-0.3, -0.25) is 0 Å². The van der Waals surface area contributed by atoms with Crippen LogP contribution in [0.1, 0.15) is 51.9 Å². The van der Waals surface area contributed by atoms with E-state index < -0.39 is 10.0 Å². The smallest absolute Gasteiger partial charge is 0.213 e. The lowest BCUT2D eigenvalue weighted by atomic mass is 9.84. The number of hydrogen-bond donors (Lipinski definition) is 2. The average molecular weight is 300 g/mol. The van der Waals surface area contributed by atoms with Gasteiger partial charge < -0.3 is 5.32 Å². The molecule has 4 nitrogen and oxygen atoms in total. The zero-order valence-electron chi connectivity index (χ0n) is 12.5. The van der Waals surface area contributed by atoms with E-state index in [0.717, 1.165) is 31.2 Å². The van der Waals surface area contributed by atoms with E-state index in [1.165, 1.54) is 32.1 Å². The van der Waals surface area contributed by atoms with Crippen molar-refractivity contribution in [2.24, 2.45) is 17.8 Å². The van der Waals surface area contributed by atoms with Crippen LogP contribution >= 0.6 is 0 Å². The molecule has 0 aromatic rings. The topological polar surface area (TPSA) is 58.2 Å². The highest BCUT2D eigenvalue weighted by atomic mass is 32.2.